The van der Waals surface area contributed by atoms with E-state index in [2.05, 4.69) is 15.3 Å². The van der Waals surface area contributed by atoms with Gasteiger partial charge in [-0.2, -0.15) is 26.3 Å². The molecule has 200 valence electrons. The minimum absolute atomic E-state index is 0.00744. The van der Waals surface area contributed by atoms with Crippen molar-refractivity contribution in [1.82, 2.24) is 5.32 Å². The number of halogens is 8. The highest BCUT2D eigenvalue weighted by atomic mass is 35.5. The van der Waals surface area contributed by atoms with Gasteiger partial charge in [0, 0.05) is 11.1 Å². The maximum absolute atomic E-state index is 14.7. The molecule has 0 aromatic heterocycles. The third kappa shape index (κ3) is 5.00. The lowest BCUT2D eigenvalue weighted by Crippen LogP contribution is -2.53. The topological polar surface area (TPSA) is 84.8 Å². The molecule has 1 atom stereocenters. The van der Waals surface area contributed by atoms with Crippen molar-refractivity contribution in [3.05, 3.63) is 69.0 Å². The van der Waals surface area contributed by atoms with Crippen molar-refractivity contribution in [2.24, 2.45) is 5.16 Å². The number of nitrogens with one attached hydrogen (secondary N) is 1. The molecule has 2 aromatic rings. The predicted octanol–water partition coefficient (Wildman–Crippen LogP) is 4.92. The zero-order chi connectivity index (χ0) is 27.6. The van der Waals surface area contributed by atoms with E-state index in [0.29, 0.717) is 0 Å². The summed E-state index contributed by atoms with van der Waals surface area (Å²) >= 11 is 5.50. The van der Waals surface area contributed by atoms with Crippen LogP contribution in [0.25, 0.3) is 0 Å². The molecule has 0 aliphatic carbocycles. The highest BCUT2D eigenvalue weighted by Gasteiger charge is 2.64. The van der Waals surface area contributed by atoms with E-state index >= 15 is 0 Å². The van der Waals surface area contributed by atoms with E-state index in [1.54, 1.807) is 0 Å². The van der Waals surface area contributed by atoms with Crippen LogP contribution in [0.5, 0.6) is 0 Å². The summed E-state index contributed by atoms with van der Waals surface area (Å²) < 4.78 is 120. The average Bonchev–Trinajstić information content (AvgIpc) is 3.20. The number of aryl methyl sites for hydroxylation is 1. The van der Waals surface area contributed by atoms with Crippen LogP contribution in [0.4, 0.5) is 30.7 Å². The van der Waals surface area contributed by atoms with Crippen LogP contribution >= 0.6 is 11.6 Å². The lowest BCUT2D eigenvalue weighted by atomic mass is 9.85. The number of oxime groups is 1. The number of nitrogens with zero attached hydrogens (tertiary/aromatic N) is 1. The lowest BCUT2D eigenvalue weighted by Gasteiger charge is -2.30. The van der Waals surface area contributed by atoms with Crippen LogP contribution < -0.4 is 5.32 Å². The molecule has 0 unspecified atom stereocenters. The molecular weight excluding hydrogens is 557 g/mol. The first kappa shape index (κ1) is 27.2. The summed E-state index contributed by atoms with van der Waals surface area (Å²) in [4.78, 5) is 17.1. The SMILES string of the molecule is Cc1cc(C2=NO[C@](c3cc(C(F)(F)F)cc(Cl)c3F)(C(F)(F)F)C2)ccc1C(=O)NC1CS(=O)(=O)C1. The molecule has 0 radical (unpaired) electrons. The maximum atomic E-state index is 14.7. The fourth-order valence-corrected chi connectivity index (χ4v) is 5.61. The van der Waals surface area contributed by atoms with Crippen molar-refractivity contribution in [3.8, 4) is 0 Å². The fraction of sp³-hybridized carbons (Fsp3) is 0.364. The first-order chi connectivity index (χ1) is 16.9. The second-order valence-corrected chi connectivity index (χ2v) is 11.3. The molecule has 0 spiro atoms. The van der Waals surface area contributed by atoms with Gasteiger partial charge in [-0.05, 0) is 42.3 Å². The van der Waals surface area contributed by atoms with E-state index < -0.39 is 68.1 Å². The number of amides is 1. The van der Waals surface area contributed by atoms with Crippen molar-refractivity contribution in [3.63, 3.8) is 0 Å². The molecule has 0 saturated carbocycles. The van der Waals surface area contributed by atoms with E-state index in [-0.39, 0.29) is 46.0 Å². The Bertz CT molecular complexity index is 1410. The molecule has 2 aromatic carbocycles. The van der Waals surface area contributed by atoms with Crippen molar-refractivity contribution in [1.29, 1.82) is 0 Å². The van der Waals surface area contributed by atoms with Crippen LogP contribution in [0, 0.1) is 12.7 Å². The minimum atomic E-state index is -5.40. The fourth-order valence-electron chi connectivity index (χ4n) is 4.09. The Labute approximate surface area is 210 Å². The number of sulfone groups is 1. The summed E-state index contributed by atoms with van der Waals surface area (Å²) in [6.07, 6.45) is -11.7. The predicted molar refractivity (Wildman–Crippen MR) is 117 cm³/mol. The van der Waals surface area contributed by atoms with Crippen molar-refractivity contribution >= 4 is 33.1 Å². The first-order valence-electron chi connectivity index (χ1n) is 10.4. The summed E-state index contributed by atoms with van der Waals surface area (Å²) in [6.45, 7) is 1.47. The van der Waals surface area contributed by atoms with Crippen LogP contribution in [-0.4, -0.2) is 43.8 Å². The molecule has 2 aliphatic heterocycles. The van der Waals surface area contributed by atoms with Gasteiger partial charge in [0.1, 0.15) is 5.82 Å². The van der Waals surface area contributed by atoms with Crippen LogP contribution in [0.2, 0.25) is 5.02 Å². The molecule has 1 N–H and O–H groups in total. The molecule has 1 saturated heterocycles. The van der Waals surface area contributed by atoms with E-state index in [4.69, 9.17) is 11.6 Å². The highest BCUT2D eigenvalue weighted by Crippen LogP contribution is 2.51. The quantitative estimate of drug-likeness (QED) is 0.528. The number of carbonyl (C=O) groups excluding carboxylic acids is 1. The molecule has 37 heavy (non-hydrogen) atoms. The zero-order valence-corrected chi connectivity index (χ0v) is 20.2. The third-order valence-electron chi connectivity index (χ3n) is 6.03. The summed E-state index contributed by atoms with van der Waals surface area (Å²) in [6, 6.07) is 3.41. The number of rotatable bonds is 4. The summed E-state index contributed by atoms with van der Waals surface area (Å²) in [5.74, 6) is -2.75. The van der Waals surface area contributed by atoms with Gasteiger partial charge < -0.3 is 10.2 Å². The number of hydrogen-bond donors (Lipinski definition) is 1. The van der Waals surface area contributed by atoms with Gasteiger partial charge in [-0.1, -0.05) is 22.8 Å². The summed E-state index contributed by atoms with van der Waals surface area (Å²) in [7, 11) is -3.18. The average molecular weight is 573 g/mol. The Balaban J connectivity index is 1.64. The van der Waals surface area contributed by atoms with Crippen molar-refractivity contribution in [2.45, 2.75) is 37.3 Å². The summed E-state index contributed by atoms with van der Waals surface area (Å²) in [5, 5.41) is 4.77. The van der Waals surface area contributed by atoms with Gasteiger partial charge in [0.2, 0.25) is 0 Å². The molecule has 1 amide bonds. The maximum Gasteiger partial charge on any atom is 0.435 e. The Morgan fingerprint density at radius 3 is 2.32 bits per heavy atom. The number of alkyl halides is 6. The Morgan fingerprint density at radius 1 is 1.14 bits per heavy atom. The molecule has 1 fully saturated rings. The van der Waals surface area contributed by atoms with Crippen molar-refractivity contribution < 1.29 is 48.8 Å². The minimum Gasteiger partial charge on any atom is -0.374 e. The lowest BCUT2D eigenvalue weighted by molar-refractivity contribution is -0.276. The van der Waals surface area contributed by atoms with Gasteiger partial charge >= 0.3 is 12.4 Å². The molecule has 2 heterocycles. The Hall–Kier alpha value is -2.87. The van der Waals surface area contributed by atoms with Crippen LogP contribution in [-0.2, 0) is 26.5 Å². The number of carbonyl (C=O) groups is 1. The van der Waals surface area contributed by atoms with Crippen LogP contribution in [0.1, 0.15) is 39.0 Å². The Kier molecular flexibility index (Phi) is 6.51. The number of hydrogen-bond acceptors (Lipinski definition) is 5. The molecular formula is C22H16ClF7N2O4S. The smallest absolute Gasteiger partial charge is 0.374 e. The molecule has 0 bridgehead atoms. The largest absolute Gasteiger partial charge is 0.435 e. The molecule has 15 heteroatoms. The van der Waals surface area contributed by atoms with Gasteiger partial charge in [-0.15, -0.1) is 0 Å². The zero-order valence-electron chi connectivity index (χ0n) is 18.6. The number of benzene rings is 2. The van der Waals surface area contributed by atoms with Gasteiger partial charge in [-0.25, -0.2) is 12.8 Å². The van der Waals surface area contributed by atoms with E-state index in [1.165, 1.54) is 25.1 Å². The molecule has 6 nitrogen and oxygen atoms in total. The monoisotopic (exact) mass is 572 g/mol. The van der Waals surface area contributed by atoms with E-state index in [9.17, 15) is 43.9 Å². The van der Waals surface area contributed by atoms with Gasteiger partial charge in [0.15, 0.2) is 9.84 Å². The second kappa shape index (κ2) is 8.86. The van der Waals surface area contributed by atoms with Crippen LogP contribution in [0.15, 0.2) is 35.5 Å². The molecule has 2 aliphatic rings. The van der Waals surface area contributed by atoms with Crippen molar-refractivity contribution in [2.75, 3.05) is 11.5 Å². The third-order valence-corrected chi connectivity index (χ3v) is 8.12. The standard InChI is InChI=1S/C22H16ClF7N2O4S/c1-10-4-11(2-3-14(10)19(33)31-13-8-37(34,35)9-13)17-7-20(36-32-17,22(28,29)30)15-5-12(21(25,26)27)6-16(23)18(15)24/h2-6,13H,7-9H2,1H3,(H,31,33)/t20-/m1/s1. The van der Waals surface area contributed by atoms with E-state index in [1.807, 2.05) is 0 Å². The first-order valence-corrected chi connectivity index (χ1v) is 12.6. The second-order valence-electron chi connectivity index (χ2n) is 8.73. The highest BCUT2D eigenvalue weighted by molar-refractivity contribution is 7.92. The molecule has 4 rings (SSSR count). The van der Waals surface area contributed by atoms with Gasteiger partial charge in [0.25, 0.3) is 11.5 Å². The van der Waals surface area contributed by atoms with Gasteiger partial charge in [0.05, 0.1) is 40.3 Å². The Morgan fingerprint density at radius 2 is 1.78 bits per heavy atom. The van der Waals surface area contributed by atoms with E-state index in [0.717, 1.165) is 0 Å². The van der Waals surface area contributed by atoms with Gasteiger partial charge in [-0.3, -0.25) is 4.79 Å². The normalized spacial score (nSPS) is 21.7. The van der Waals surface area contributed by atoms with Crippen LogP contribution in [0.3, 0.4) is 0 Å². The summed E-state index contributed by atoms with van der Waals surface area (Å²) in [5.41, 5.74) is -6.56.